The lowest BCUT2D eigenvalue weighted by Crippen LogP contribution is -2.37. The molecule has 2 amide bonds. The number of aryl methyl sites for hydroxylation is 1. The summed E-state index contributed by atoms with van der Waals surface area (Å²) in [5, 5.41) is 4.42. The van der Waals surface area contributed by atoms with E-state index in [-0.39, 0.29) is 12.2 Å². The van der Waals surface area contributed by atoms with Crippen molar-refractivity contribution >= 4 is 62.7 Å². The van der Waals surface area contributed by atoms with Crippen molar-refractivity contribution in [3.8, 4) is 0 Å². The minimum absolute atomic E-state index is 0.194. The molecule has 0 bridgehead atoms. The van der Waals surface area contributed by atoms with Gasteiger partial charge in [-0.15, -0.1) is 22.7 Å². The predicted octanol–water partition coefficient (Wildman–Crippen LogP) is 5.31. The average molecular weight is 517 g/mol. The van der Waals surface area contributed by atoms with Gasteiger partial charge in [0.05, 0.1) is 17.9 Å². The fourth-order valence-electron chi connectivity index (χ4n) is 4.38. The Morgan fingerprint density at radius 1 is 1.15 bits per heavy atom. The molecular formula is C24H21ClN2O5S2. The normalized spacial score (nSPS) is 21.9. The molecule has 0 N–H and O–H groups in total. The summed E-state index contributed by atoms with van der Waals surface area (Å²) in [6.45, 7) is 5.55. The molecule has 0 radical (unpaired) electrons. The largest absolute Gasteiger partial charge is 0.462 e. The van der Waals surface area contributed by atoms with E-state index in [2.05, 4.69) is 0 Å². The van der Waals surface area contributed by atoms with Gasteiger partial charge in [-0.25, -0.2) is 14.8 Å². The summed E-state index contributed by atoms with van der Waals surface area (Å²) < 4.78 is 5.22. The van der Waals surface area contributed by atoms with Gasteiger partial charge in [0.15, 0.2) is 6.10 Å². The molecule has 176 valence electrons. The number of benzene rings is 1. The van der Waals surface area contributed by atoms with E-state index in [4.69, 9.17) is 21.2 Å². The molecule has 10 heteroatoms. The number of nitrogens with zero attached hydrogens (tertiary/aromatic N) is 2. The van der Waals surface area contributed by atoms with E-state index >= 15 is 0 Å². The molecule has 3 aromatic rings. The Hall–Kier alpha value is -2.72. The highest BCUT2D eigenvalue weighted by atomic mass is 35.5. The number of thiophene rings is 2. The summed E-state index contributed by atoms with van der Waals surface area (Å²) in [4.78, 5) is 49.1. The molecule has 5 rings (SSSR count). The number of hydrogen-bond donors (Lipinski definition) is 0. The van der Waals surface area contributed by atoms with Crippen molar-refractivity contribution in [1.82, 2.24) is 0 Å². The number of hydroxylamine groups is 1. The van der Waals surface area contributed by atoms with Crippen molar-refractivity contribution in [3.05, 3.63) is 67.7 Å². The summed E-state index contributed by atoms with van der Waals surface area (Å²) in [7, 11) is 0. The lowest BCUT2D eigenvalue weighted by atomic mass is 9.95. The highest BCUT2D eigenvalue weighted by Crippen LogP contribution is 2.50. The Balaban J connectivity index is 1.57. The molecular weight excluding hydrogens is 496 g/mol. The van der Waals surface area contributed by atoms with Crippen molar-refractivity contribution < 1.29 is 24.0 Å². The quantitative estimate of drug-likeness (QED) is 0.338. The minimum atomic E-state index is -1.01. The van der Waals surface area contributed by atoms with Crippen LogP contribution in [0.2, 0.25) is 5.02 Å². The molecule has 2 aliphatic heterocycles. The third kappa shape index (κ3) is 3.54. The maximum atomic E-state index is 13.8. The predicted molar refractivity (Wildman–Crippen MR) is 132 cm³/mol. The van der Waals surface area contributed by atoms with Gasteiger partial charge in [0.25, 0.3) is 5.91 Å². The number of rotatable bonds is 5. The van der Waals surface area contributed by atoms with Crippen LogP contribution in [-0.4, -0.2) is 30.5 Å². The topological polar surface area (TPSA) is 76.2 Å². The second-order valence-corrected chi connectivity index (χ2v) is 10.6. The fourth-order valence-corrected chi connectivity index (χ4v) is 6.52. The second kappa shape index (κ2) is 8.81. The maximum Gasteiger partial charge on any atom is 0.341 e. The van der Waals surface area contributed by atoms with Crippen LogP contribution in [0.3, 0.4) is 0 Å². The molecule has 2 aromatic heterocycles. The van der Waals surface area contributed by atoms with Gasteiger partial charge in [-0.2, -0.15) is 0 Å². The number of carbonyl (C=O) groups is 3. The SMILES string of the molecule is CCOC(=O)c1c(N2C(=O)C3ON(c4ccc(Cl)cc4)C(c4cccs4)C3C2=O)sc(C)c1C. The number of halogens is 1. The van der Waals surface area contributed by atoms with Gasteiger partial charge in [-0.05, 0) is 62.0 Å². The van der Waals surface area contributed by atoms with E-state index < -0.39 is 35.8 Å². The van der Waals surface area contributed by atoms with Crippen LogP contribution in [0.25, 0.3) is 0 Å². The van der Waals surface area contributed by atoms with Gasteiger partial charge >= 0.3 is 5.97 Å². The third-order valence-electron chi connectivity index (χ3n) is 6.08. The minimum Gasteiger partial charge on any atom is -0.462 e. The van der Waals surface area contributed by atoms with Crippen molar-refractivity contribution in [2.45, 2.75) is 32.9 Å². The van der Waals surface area contributed by atoms with Crippen molar-refractivity contribution in [3.63, 3.8) is 0 Å². The molecule has 3 unspecified atom stereocenters. The molecule has 3 atom stereocenters. The number of fused-ring (bicyclic) bond motifs is 1. The van der Waals surface area contributed by atoms with Gasteiger partial charge in [-0.1, -0.05) is 17.7 Å². The molecule has 0 aliphatic carbocycles. The highest BCUT2D eigenvalue weighted by molar-refractivity contribution is 7.17. The van der Waals surface area contributed by atoms with Crippen LogP contribution in [0.4, 0.5) is 10.7 Å². The number of ether oxygens (including phenoxy) is 1. The molecule has 2 fully saturated rings. The lowest BCUT2D eigenvalue weighted by Gasteiger charge is -2.27. The number of anilines is 2. The van der Waals surface area contributed by atoms with Crippen molar-refractivity contribution in [2.75, 3.05) is 16.6 Å². The first kappa shape index (κ1) is 23.0. The number of carbonyl (C=O) groups excluding carboxylic acids is 3. The van der Waals surface area contributed by atoms with Crippen LogP contribution >= 0.6 is 34.3 Å². The monoisotopic (exact) mass is 516 g/mol. The number of imide groups is 1. The molecule has 0 saturated carbocycles. The zero-order valence-corrected chi connectivity index (χ0v) is 21.0. The zero-order valence-electron chi connectivity index (χ0n) is 18.6. The van der Waals surface area contributed by atoms with E-state index in [0.717, 1.165) is 14.7 Å². The molecule has 4 heterocycles. The average Bonchev–Trinajstić information content (AvgIpc) is 3.56. The van der Waals surface area contributed by atoms with E-state index in [1.807, 2.05) is 24.4 Å². The Morgan fingerprint density at radius 2 is 1.88 bits per heavy atom. The van der Waals surface area contributed by atoms with Gasteiger partial charge in [0.2, 0.25) is 5.91 Å². The highest BCUT2D eigenvalue weighted by Gasteiger charge is 2.61. The van der Waals surface area contributed by atoms with Crippen molar-refractivity contribution in [1.29, 1.82) is 0 Å². The van der Waals surface area contributed by atoms with Crippen LogP contribution in [-0.2, 0) is 19.2 Å². The van der Waals surface area contributed by atoms with Gasteiger partial charge < -0.3 is 4.74 Å². The van der Waals surface area contributed by atoms with Gasteiger partial charge in [0, 0.05) is 14.8 Å². The van der Waals surface area contributed by atoms with E-state index in [1.165, 1.54) is 22.7 Å². The van der Waals surface area contributed by atoms with Crippen LogP contribution < -0.4 is 9.96 Å². The van der Waals surface area contributed by atoms with E-state index in [0.29, 0.717) is 21.3 Å². The lowest BCUT2D eigenvalue weighted by molar-refractivity contribution is -0.126. The molecule has 34 heavy (non-hydrogen) atoms. The summed E-state index contributed by atoms with van der Waals surface area (Å²) in [6, 6.07) is 10.4. The standard InChI is InChI=1S/C24H21ClN2O5S2/c1-4-31-24(30)17-12(2)13(3)34-23(17)26-21(28)18-19(16-6-5-11-33-16)27(32-20(18)22(26)29)15-9-7-14(25)8-10-15/h5-11,18-20H,4H2,1-3H3. The van der Waals surface area contributed by atoms with Crippen molar-refractivity contribution in [2.24, 2.45) is 5.92 Å². The molecule has 0 spiro atoms. The maximum absolute atomic E-state index is 13.8. The van der Waals surface area contributed by atoms with Gasteiger partial charge in [0.1, 0.15) is 17.0 Å². The van der Waals surface area contributed by atoms with Crippen LogP contribution in [0.15, 0.2) is 41.8 Å². The Labute approximate surface area is 209 Å². The Morgan fingerprint density at radius 3 is 2.53 bits per heavy atom. The van der Waals surface area contributed by atoms with E-state index in [9.17, 15) is 14.4 Å². The third-order valence-corrected chi connectivity index (χ3v) is 8.47. The van der Waals surface area contributed by atoms with Crippen LogP contribution in [0, 0.1) is 19.8 Å². The Kier molecular flexibility index (Phi) is 5.97. The number of hydrogen-bond acceptors (Lipinski definition) is 8. The summed E-state index contributed by atoms with van der Waals surface area (Å²) >= 11 is 8.78. The second-order valence-electron chi connectivity index (χ2n) is 8.01. The molecule has 7 nitrogen and oxygen atoms in total. The summed E-state index contributed by atoms with van der Waals surface area (Å²) in [5.74, 6) is -2.19. The zero-order chi connectivity index (χ0) is 24.1. The number of amides is 2. The number of esters is 1. The first-order valence-corrected chi connectivity index (χ1v) is 12.8. The first-order valence-electron chi connectivity index (χ1n) is 10.7. The molecule has 2 saturated heterocycles. The Bertz CT molecular complexity index is 1270. The summed E-state index contributed by atoms with van der Waals surface area (Å²) in [6.07, 6.45) is -1.01. The van der Waals surface area contributed by atoms with Gasteiger partial charge in [-0.3, -0.25) is 14.4 Å². The summed E-state index contributed by atoms with van der Waals surface area (Å²) in [5.41, 5.74) is 1.65. The molecule has 1 aromatic carbocycles. The smallest absolute Gasteiger partial charge is 0.341 e. The van der Waals surface area contributed by atoms with E-state index in [1.54, 1.807) is 43.2 Å². The van der Waals surface area contributed by atoms with Crippen LogP contribution in [0.5, 0.6) is 0 Å². The molecule has 2 aliphatic rings. The fraction of sp³-hybridized carbons (Fsp3) is 0.292. The first-order chi connectivity index (χ1) is 16.3. The van der Waals surface area contributed by atoms with Crippen LogP contribution in [0.1, 0.15) is 38.6 Å².